The van der Waals surface area contributed by atoms with Crippen molar-refractivity contribution in [2.24, 2.45) is 0 Å². The number of methoxy groups -OCH3 is 1. The van der Waals surface area contributed by atoms with Crippen molar-refractivity contribution in [3.05, 3.63) is 23.8 Å². The van der Waals surface area contributed by atoms with Crippen LogP contribution in [0.4, 0.5) is 5.69 Å². The molecular formula is C21H32BNO6. The van der Waals surface area contributed by atoms with Gasteiger partial charge in [0, 0.05) is 19.3 Å². The lowest BCUT2D eigenvalue weighted by Crippen LogP contribution is -2.50. The summed E-state index contributed by atoms with van der Waals surface area (Å²) in [5.41, 5.74) is 0.909. The van der Waals surface area contributed by atoms with E-state index in [2.05, 4.69) is 11.0 Å². The van der Waals surface area contributed by atoms with Gasteiger partial charge in [0.05, 0.1) is 50.3 Å². The van der Waals surface area contributed by atoms with Gasteiger partial charge in [-0.05, 0) is 50.9 Å². The second-order valence-electron chi connectivity index (χ2n) is 9.30. The standard InChI is InChI=1S/C21H32BNO6/c1-19(2)20(3,4)29-22(28-19)16-8-15(21(24)13-27-14-21)9-17(10-16)23-6-7-26-12-18(23)11-25-5/h8-10,18,24H,6-7,11-14H2,1-5H3/t18-/m1/s1. The largest absolute Gasteiger partial charge is 0.494 e. The third-order valence-corrected chi connectivity index (χ3v) is 6.60. The molecule has 3 aliphatic rings. The molecule has 3 aliphatic heterocycles. The highest BCUT2D eigenvalue weighted by molar-refractivity contribution is 6.62. The first-order valence-corrected chi connectivity index (χ1v) is 10.3. The number of anilines is 1. The zero-order valence-electron chi connectivity index (χ0n) is 18.1. The molecule has 1 aromatic rings. The van der Waals surface area contributed by atoms with Gasteiger partial charge in [0.1, 0.15) is 5.60 Å². The van der Waals surface area contributed by atoms with Crippen LogP contribution in [0.2, 0.25) is 0 Å². The number of ether oxygens (including phenoxy) is 3. The second-order valence-corrected chi connectivity index (χ2v) is 9.30. The van der Waals surface area contributed by atoms with Crippen LogP contribution in [0.25, 0.3) is 0 Å². The van der Waals surface area contributed by atoms with E-state index in [0.717, 1.165) is 23.3 Å². The van der Waals surface area contributed by atoms with Crippen LogP contribution < -0.4 is 10.4 Å². The highest BCUT2D eigenvalue weighted by atomic mass is 16.7. The van der Waals surface area contributed by atoms with Crippen LogP contribution in [0.3, 0.4) is 0 Å². The van der Waals surface area contributed by atoms with Gasteiger partial charge in [-0.25, -0.2) is 0 Å². The third-order valence-electron chi connectivity index (χ3n) is 6.60. The molecular weight excluding hydrogens is 373 g/mol. The van der Waals surface area contributed by atoms with Crippen molar-refractivity contribution in [1.29, 1.82) is 0 Å². The maximum Gasteiger partial charge on any atom is 0.494 e. The Morgan fingerprint density at radius 1 is 1.10 bits per heavy atom. The normalized spacial score (nSPS) is 27.7. The SMILES string of the molecule is COC[C@@H]1COCCN1c1cc(B2OC(C)(C)C(C)(C)O2)cc(C2(O)COC2)c1. The molecule has 0 saturated carbocycles. The number of hydrogen-bond donors (Lipinski definition) is 1. The molecule has 1 N–H and O–H groups in total. The predicted octanol–water partition coefficient (Wildman–Crippen LogP) is 1.06. The molecule has 3 fully saturated rings. The highest BCUT2D eigenvalue weighted by Gasteiger charge is 2.52. The summed E-state index contributed by atoms with van der Waals surface area (Å²) in [6.07, 6.45) is 0. The van der Waals surface area contributed by atoms with E-state index in [-0.39, 0.29) is 6.04 Å². The molecule has 8 heteroatoms. The van der Waals surface area contributed by atoms with Crippen LogP contribution in [0.5, 0.6) is 0 Å². The Balaban J connectivity index is 1.72. The molecule has 3 saturated heterocycles. The van der Waals surface area contributed by atoms with Crippen molar-refractivity contribution in [1.82, 2.24) is 0 Å². The van der Waals surface area contributed by atoms with E-state index in [9.17, 15) is 5.11 Å². The monoisotopic (exact) mass is 405 g/mol. The van der Waals surface area contributed by atoms with Gasteiger partial charge in [-0.1, -0.05) is 6.07 Å². The van der Waals surface area contributed by atoms with Crippen molar-refractivity contribution in [2.45, 2.75) is 50.5 Å². The number of nitrogens with zero attached hydrogens (tertiary/aromatic N) is 1. The number of morpholine rings is 1. The van der Waals surface area contributed by atoms with Crippen LogP contribution in [0.15, 0.2) is 18.2 Å². The molecule has 1 atom stereocenters. The van der Waals surface area contributed by atoms with E-state index < -0.39 is 23.9 Å². The number of aliphatic hydroxyl groups is 1. The van der Waals surface area contributed by atoms with Crippen molar-refractivity contribution in [3.8, 4) is 0 Å². The van der Waals surface area contributed by atoms with Crippen LogP contribution in [0, 0.1) is 0 Å². The Morgan fingerprint density at radius 3 is 2.38 bits per heavy atom. The van der Waals surface area contributed by atoms with E-state index in [1.165, 1.54) is 0 Å². The van der Waals surface area contributed by atoms with Crippen LogP contribution in [0.1, 0.15) is 33.3 Å². The minimum atomic E-state index is -0.975. The van der Waals surface area contributed by atoms with Crippen LogP contribution in [-0.2, 0) is 29.1 Å². The van der Waals surface area contributed by atoms with Gasteiger partial charge in [-0.3, -0.25) is 0 Å². The van der Waals surface area contributed by atoms with Crippen molar-refractivity contribution in [2.75, 3.05) is 51.6 Å². The van der Waals surface area contributed by atoms with Gasteiger partial charge in [0.25, 0.3) is 0 Å². The van der Waals surface area contributed by atoms with Gasteiger partial charge in [-0.15, -0.1) is 0 Å². The Kier molecular flexibility index (Phi) is 5.47. The lowest BCUT2D eigenvalue weighted by Gasteiger charge is -2.40. The second kappa shape index (κ2) is 7.52. The smallest absolute Gasteiger partial charge is 0.399 e. The fourth-order valence-electron chi connectivity index (χ4n) is 3.97. The van der Waals surface area contributed by atoms with Gasteiger partial charge in [0.2, 0.25) is 0 Å². The van der Waals surface area contributed by atoms with Gasteiger partial charge >= 0.3 is 7.12 Å². The van der Waals surface area contributed by atoms with E-state index in [1.807, 2.05) is 39.8 Å². The summed E-state index contributed by atoms with van der Waals surface area (Å²) in [7, 11) is 1.21. The van der Waals surface area contributed by atoms with Crippen molar-refractivity contribution < 1.29 is 28.6 Å². The van der Waals surface area contributed by atoms with Crippen LogP contribution in [-0.4, -0.2) is 76.2 Å². The number of benzene rings is 1. The molecule has 0 unspecified atom stereocenters. The first-order chi connectivity index (χ1) is 13.7. The summed E-state index contributed by atoms with van der Waals surface area (Å²) in [5.74, 6) is 0. The van der Waals surface area contributed by atoms with Crippen LogP contribution >= 0.6 is 0 Å². The maximum absolute atomic E-state index is 11.0. The topological polar surface area (TPSA) is 69.6 Å². The Labute approximate surface area is 173 Å². The molecule has 3 heterocycles. The predicted molar refractivity (Wildman–Crippen MR) is 111 cm³/mol. The van der Waals surface area contributed by atoms with E-state index in [4.69, 9.17) is 23.5 Å². The first-order valence-electron chi connectivity index (χ1n) is 10.3. The molecule has 7 nitrogen and oxygen atoms in total. The van der Waals surface area contributed by atoms with Gasteiger partial charge < -0.3 is 33.5 Å². The molecule has 1 aromatic carbocycles. The van der Waals surface area contributed by atoms with E-state index in [1.54, 1.807) is 7.11 Å². The molecule has 0 amide bonds. The minimum absolute atomic E-state index is 0.113. The minimum Gasteiger partial charge on any atom is -0.399 e. The lowest BCUT2D eigenvalue weighted by molar-refractivity contribution is -0.184. The summed E-state index contributed by atoms with van der Waals surface area (Å²) in [5, 5.41) is 11.0. The molecule has 29 heavy (non-hydrogen) atoms. The molecule has 0 bridgehead atoms. The maximum atomic E-state index is 11.0. The number of hydrogen-bond acceptors (Lipinski definition) is 7. The van der Waals surface area contributed by atoms with Crippen molar-refractivity contribution in [3.63, 3.8) is 0 Å². The molecule has 0 aliphatic carbocycles. The van der Waals surface area contributed by atoms with Crippen molar-refractivity contribution >= 4 is 18.3 Å². The summed E-state index contributed by atoms with van der Waals surface area (Å²) in [6, 6.07) is 6.25. The quantitative estimate of drug-likeness (QED) is 0.735. The first kappa shape index (κ1) is 21.1. The molecule has 4 rings (SSSR count). The molecule has 0 spiro atoms. The fraction of sp³-hybridized carbons (Fsp3) is 0.714. The summed E-state index contributed by atoms with van der Waals surface area (Å²) in [6.45, 7) is 11.4. The average molecular weight is 405 g/mol. The Bertz CT molecular complexity index is 733. The third kappa shape index (κ3) is 3.82. The van der Waals surface area contributed by atoms with Gasteiger partial charge in [-0.2, -0.15) is 0 Å². The van der Waals surface area contributed by atoms with E-state index >= 15 is 0 Å². The van der Waals surface area contributed by atoms with Gasteiger partial charge in [0.15, 0.2) is 0 Å². The molecule has 160 valence electrons. The zero-order chi connectivity index (χ0) is 20.9. The molecule has 0 radical (unpaired) electrons. The Hall–Kier alpha value is -1.16. The summed E-state index contributed by atoms with van der Waals surface area (Å²) in [4.78, 5) is 2.29. The Morgan fingerprint density at radius 2 is 1.79 bits per heavy atom. The van der Waals surface area contributed by atoms with E-state index in [0.29, 0.717) is 33.0 Å². The molecule has 0 aromatic heterocycles. The zero-order valence-corrected chi connectivity index (χ0v) is 18.1. The summed E-state index contributed by atoms with van der Waals surface area (Å²) < 4.78 is 28.9. The number of rotatable bonds is 5. The highest BCUT2D eigenvalue weighted by Crippen LogP contribution is 2.38. The fourth-order valence-corrected chi connectivity index (χ4v) is 3.97. The lowest BCUT2D eigenvalue weighted by atomic mass is 9.76. The summed E-state index contributed by atoms with van der Waals surface area (Å²) >= 11 is 0. The average Bonchev–Trinajstić information content (AvgIpc) is 2.87.